The van der Waals surface area contributed by atoms with E-state index in [1.807, 2.05) is 6.07 Å². The van der Waals surface area contributed by atoms with Gasteiger partial charge in [-0.1, -0.05) is 53.7 Å². The molecule has 0 saturated carbocycles. The molecular weight excluding hydrogens is 465 g/mol. The summed E-state index contributed by atoms with van der Waals surface area (Å²) in [5, 5.41) is 10.8. The van der Waals surface area contributed by atoms with Gasteiger partial charge in [-0.3, -0.25) is 9.59 Å². The molecule has 3 aromatic rings. The van der Waals surface area contributed by atoms with E-state index < -0.39 is 28.5 Å². The molecule has 32 heavy (non-hydrogen) atoms. The summed E-state index contributed by atoms with van der Waals surface area (Å²) < 4.78 is 38.8. The largest absolute Gasteiger partial charge is 0.416 e. The number of H-pyrrole nitrogens is 1. The van der Waals surface area contributed by atoms with Gasteiger partial charge in [-0.15, -0.1) is 0 Å². The Hall–Kier alpha value is -3.29. The number of nitrogens with one attached hydrogen (secondary N) is 2. The lowest BCUT2D eigenvalue weighted by atomic mass is 10.1. The molecule has 0 bridgehead atoms. The van der Waals surface area contributed by atoms with Gasteiger partial charge in [0.15, 0.2) is 5.16 Å². The van der Waals surface area contributed by atoms with Crippen LogP contribution >= 0.6 is 23.4 Å². The Morgan fingerprint density at radius 1 is 1.25 bits per heavy atom. The minimum Gasteiger partial charge on any atom is -0.324 e. The number of nitrogens with zero attached hydrogens (tertiary/aromatic N) is 2. The van der Waals surface area contributed by atoms with Crippen LogP contribution in [0.1, 0.15) is 18.1 Å². The number of halogens is 4. The molecule has 2 aromatic carbocycles. The molecule has 1 amide bonds. The Morgan fingerprint density at radius 2 is 1.94 bits per heavy atom. The van der Waals surface area contributed by atoms with E-state index in [-0.39, 0.29) is 27.1 Å². The fourth-order valence-electron chi connectivity index (χ4n) is 2.67. The highest BCUT2D eigenvalue weighted by molar-refractivity contribution is 8.00. The molecule has 6 nitrogen and oxygen atoms in total. The first-order valence-electron chi connectivity index (χ1n) is 9.04. The minimum atomic E-state index is -4.59. The summed E-state index contributed by atoms with van der Waals surface area (Å²) in [4.78, 5) is 31.6. The Kier molecular flexibility index (Phi) is 6.91. The topological polar surface area (TPSA) is 98.6 Å². The number of hydrogen-bond acceptors (Lipinski definition) is 5. The Balaban J connectivity index is 1.84. The lowest BCUT2D eigenvalue weighted by Crippen LogP contribution is -2.24. The number of hydrogen-bond donors (Lipinski definition) is 2. The summed E-state index contributed by atoms with van der Waals surface area (Å²) in [6.07, 6.45) is -4.59. The number of nitriles is 1. The second kappa shape index (κ2) is 9.46. The zero-order valence-electron chi connectivity index (χ0n) is 16.3. The smallest absolute Gasteiger partial charge is 0.324 e. The molecule has 1 aromatic heterocycles. The number of rotatable bonds is 5. The third kappa shape index (κ3) is 5.30. The van der Waals surface area contributed by atoms with Crippen molar-refractivity contribution in [3.05, 3.63) is 75.0 Å². The maximum absolute atomic E-state index is 12.9. The van der Waals surface area contributed by atoms with E-state index >= 15 is 0 Å². The Bertz CT molecular complexity index is 1260. The molecule has 3 rings (SSSR count). The SMILES string of the molecule is CC(Sc1nc(-c2ccccc2)c(C#N)c(=O)[nH]1)C(=O)Nc1cc(C(F)(F)F)ccc1Cl. The van der Waals surface area contributed by atoms with E-state index in [1.54, 1.807) is 30.3 Å². The number of aromatic amines is 1. The fourth-order valence-corrected chi connectivity index (χ4v) is 3.63. The van der Waals surface area contributed by atoms with Crippen LogP contribution in [-0.4, -0.2) is 21.1 Å². The summed E-state index contributed by atoms with van der Waals surface area (Å²) in [5.74, 6) is -0.649. The van der Waals surface area contributed by atoms with Crippen LogP contribution in [0.25, 0.3) is 11.3 Å². The van der Waals surface area contributed by atoms with Crippen LogP contribution in [-0.2, 0) is 11.0 Å². The van der Waals surface area contributed by atoms with E-state index in [2.05, 4.69) is 15.3 Å². The second-order valence-electron chi connectivity index (χ2n) is 6.51. The first-order chi connectivity index (χ1) is 15.1. The van der Waals surface area contributed by atoms with Crippen LogP contribution in [0.15, 0.2) is 58.5 Å². The number of amides is 1. The van der Waals surface area contributed by atoms with Gasteiger partial charge in [0.2, 0.25) is 5.91 Å². The molecule has 164 valence electrons. The van der Waals surface area contributed by atoms with Crippen LogP contribution in [0.4, 0.5) is 18.9 Å². The van der Waals surface area contributed by atoms with E-state index in [0.29, 0.717) is 5.56 Å². The van der Waals surface area contributed by atoms with Crippen LogP contribution in [0.5, 0.6) is 0 Å². The van der Waals surface area contributed by atoms with Gasteiger partial charge in [0.1, 0.15) is 11.6 Å². The quantitative estimate of drug-likeness (QED) is 0.392. The van der Waals surface area contributed by atoms with Crippen molar-refractivity contribution in [1.82, 2.24) is 9.97 Å². The molecule has 0 aliphatic heterocycles. The molecule has 11 heteroatoms. The number of alkyl halides is 3. The van der Waals surface area contributed by atoms with Crippen LogP contribution in [0, 0.1) is 11.3 Å². The van der Waals surface area contributed by atoms with Gasteiger partial charge in [0.05, 0.1) is 27.2 Å². The molecule has 0 radical (unpaired) electrons. The zero-order chi connectivity index (χ0) is 23.5. The molecule has 1 unspecified atom stereocenters. The van der Waals surface area contributed by atoms with Gasteiger partial charge >= 0.3 is 6.18 Å². The zero-order valence-corrected chi connectivity index (χ0v) is 17.9. The highest BCUT2D eigenvalue weighted by Gasteiger charge is 2.31. The van der Waals surface area contributed by atoms with E-state index in [9.17, 15) is 28.0 Å². The normalized spacial score (nSPS) is 12.1. The number of anilines is 1. The number of carbonyl (C=O) groups excluding carboxylic acids is 1. The lowest BCUT2D eigenvalue weighted by Gasteiger charge is -2.15. The van der Waals surface area contributed by atoms with Crippen molar-refractivity contribution >= 4 is 35.0 Å². The molecule has 0 aliphatic carbocycles. The maximum atomic E-state index is 12.9. The van der Waals surface area contributed by atoms with Gasteiger partial charge in [-0.2, -0.15) is 18.4 Å². The third-order valence-electron chi connectivity index (χ3n) is 4.27. The van der Waals surface area contributed by atoms with E-state index in [4.69, 9.17) is 11.6 Å². The predicted octanol–water partition coefficient (Wildman–Crippen LogP) is 5.10. The lowest BCUT2D eigenvalue weighted by molar-refractivity contribution is -0.137. The number of thioether (sulfide) groups is 1. The van der Waals surface area contributed by atoms with Gasteiger partial charge in [-0.05, 0) is 25.1 Å². The van der Waals surface area contributed by atoms with Crippen LogP contribution in [0.2, 0.25) is 5.02 Å². The molecule has 1 atom stereocenters. The van der Waals surface area contributed by atoms with Crippen molar-refractivity contribution in [2.45, 2.75) is 23.5 Å². The highest BCUT2D eigenvalue weighted by atomic mass is 35.5. The summed E-state index contributed by atoms with van der Waals surface area (Å²) in [7, 11) is 0. The molecule has 0 spiro atoms. The first kappa shape index (κ1) is 23.4. The highest BCUT2D eigenvalue weighted by Crippen LogP contribution is 2.34. The fraction of sp³-hybridized carbons (Fsp3) is 0.143. The monoisotopic (exact) mass is 478 g/mol. The van der Waals surface area contributed by atoms with Gasteiger partial charge in [0.25, 0.3) is 5.56 Å². The third-order valence-corrected chi connectivity index (χ3v) is 5.58. The van der Waals surface area contributed by atoms with Gasteiger partial charge in [0, 0.05) is 5.56 Å². The number of carbonyl (C=O) groups is 1. The molecular formula is C21H14ClF3N4O2S. The van der Waals surface area contributed by atoms with Crippen molar-refractivity contribution in [3.63, 3.8) is 0 Å². The average Bonchev–Trinajstić information content (AvgIpc) is 2.74. The van der Waals surface area contributed by atoms with Crippen LogP contribution in [0.3, 0.4) is 0 Å². The summed E-state index contributed by atoms with van der Waals surface area (Å²) in [6, 6.07) is 13.0. The maximum Gasteiger partial charge on any atom is 0.416 e. The van der Waals surface area contributed by atoms with E-state index in [0.717, 1.165) is 30.0 Å². The minimum absolute atomic E-state index is 0.0557. The van der Waals surface area contributed by atoms with Gasteiger partial charge in [-0.25, -0.2) is 4.98 Å². The predicted molar refractivity (Wildman–Crippen MR) is 115 cm³/mol. The van der Waals surface area contributed by atoms with Crippen molar-refractivity contribution in [3.8, 4) is 17.3 Å². The standard InChI is InChI=1S/C21H14ClF3N4O2S/c1-11(18(30)27-16-9-13(21(23,24)25)7-8-15(16)22)32-20-28-17(12-5-3-2-4-6-12)14(10-26)19(31)29-20/h2-9,11H,1H3,(H,27,30)(H,28,29,31). The van der Waals surface area contributed by atoms with Crippen molar-refractivity contribution < 1.29 is 18.0 Å². The molecule has 0 saturated heterocycles. The molecule has 0 fully saturated rings. The van der Waals surface area contributed by atoms with Crippen molar-refractivity contribution in [1.29, 1.82) is 5.26 Å². The van der Waals surface area contributed by atoms with Crippen molar-refractivity contribution in [2.24, 2.45) is 0 Å². The molecule has 0 aliphatic rings. The Labute approximate surface area is 189 Å². The summed E-state index contributed by atoms with van der Waals surface area (Å²) in [6.45, 7) is 1.49. The summed E-state index contributed by atoms with van der Waals surface area (Å²) >= 11 is 6.79. The van der Waals surface area contributed by atoms with Gasteiger partial charge < -0.3 is 10.3 Å². The molecule has 2 N–H and O–H groups in total. The average molecular weight is 479 g/mol. The summed E-state index contributed by atoms with van der Waals surface area (Å²) in [5.41, 5.74) is -1.28. The number of benzene rings is 2. The molecule has 1 heterocycles. The Morgan fingerprint density at radius 3 is 2.56 bits per heavy atom. The van der Waals surface area contributed by atoms with Crippen LogP contribution < -0.4 is 10.9 Å². The second-order valence-corrected chi connectivity index (χ2v) is 8.25. The van der Waals surface area contributed by atoms with Crippen molar-refractivity contribution in [2.75, 3.05) is 5.32 Å². The van der Waals surface area contributed by atoms with E-state index in [1.165, 1.54) is 6.92 Å². The first-order valence-corrected chi connectivity index (χ1v) is 10.3. The number of aromatic nitrogens is 2.